The molecule has 0 saturated carbocycles. The second-order valence-corrected chi connectivity index (χ2v) is 6.80. The number of hydrogen-bond donors (Lipinski definition) is 0. The van der Waals surface area contributed by atoms with E-state index in [0.29, 0.717) is 42.5 Å². The van der Waals surface area contributed by atoms with Gasteiger partial charge in [-0.05, 0) is 32.9 Å². The number of carbonyl (C=O) groups is 1. The number of aromatic nitrogens is 2. The molecule has 2 heterocycles. The average molecular weight is 365 g/mol. The van der Waals surface area contributed by atoms with Crippen LogP contribution >= 0.6 is 0 Å². The molecule has 3 rings (SSSR count). The fourth-order valence-corrected chi connectivity index (χ4v) is 3.25. The van der Waals surface area contributed by atoms with Crippen LogP contribution in [0.1, 0.15) is 36.8 Å². The zero-order valence-corrected chi connectivity index (χ0v) is 15.8. The molecule has 0 aliphatic carbocycles. The van der Waals surface area contributed by atoms with Gasteiger partial charge in [-0.15, -0.1) is 0 Å². The summed E-state index contributed by atoms with van der Waals surface area (Å²) in [6.07, 6.45) is 3.09. The van der Waals surface area contributed by atoms with Gasteiger partial charge in [0.05, 0.1) is 11.7 Å². The number of nitrogens with zero attached hydrogens (tertiary/aromatic N) is 5. The summed E-state index contributed by atoms with van der Waals surface area (Å²) in [6, 6.07) is 9.39. The first-order valence-electron chi connectivity index (χ1n) is 9.04. The molecule has 1 fully saturated rings. The van der Waals surface area contributed by atoms with Crippen LogP contribution in [-0.2, 0) is 0 Å². The predicted octanol–water partition coefficient (Wildman–Crippen LogP) is 2.49. The first-order valence-corrected chi connectivity index (χ1v) is 9.04. The van der Waals surface area contributed by atoms with Crippen molar-refractivity contribution in [2.24, 2.45) is 0 Å². The third-order valence-electron chi connectivity index (χ3n) is 4.45. The molecule has 2 aromatic rings. The van der Waals surface area contributed by atoms with Gasteiger partial charge in [0.1, 0.15) is 11.8 Å². The van der Waals surface area contributed by atoms with Crippen molar-refractivity contribution in [2.45, 2.75) is 32.9 Å². The first kappa shape index (κ1) is 18.6. The van der Waals surface area contributed by atoms with E-state index in [2.05, 4.69) is 16.0 Å². The maximum absolute atomic E-state index is 13.1. The predicted molar refractivity (Wildman–Crippen MR) is 102 cm³/mol. The van der Waals surface area contributed by atoms with Crippen molar-refractivity contribution in [1.29, 1.82) is 5.26 Å². The van der Waals surface area contributed by atoms with Gasteiger partial charge < -0.3 is 14.5 Å². The molecule has 1 saturated heterocycles. The quantitative estimate of drug-likeness (QED) is 0.828. The third kappa shape index (κ3) is 4.00. The Balaban J connectivity index is 1.77. The van der Waals surface area contributed by atoms with Gasteiger partial charge in [-0.1, -0.05) is 12.1 Å². The number of ether oxygens (including phenoxy) is 1. The second-order valence-electron chi connectivity index (χ2n) is 6.80. The van der Waals surface area contributed by atoms with Crippen molar-refractivity contribution in [1.82, 2.24) is 14.9 Å². The van der Waals surface area contributed by atoms with E-state index in [-0.39, 0.29) is 18.1 Å². The molecule has 27 heavy (non-hydrogen) atoms. The highest BCUT2D eigenvalue weighted by molar-refractivity contribution is 5.97. The molecule has 0 spiro atoms. The number of nitriles is 1. The molecular weight excluding hydrogens is 342 g/mol. The molecule has 1 aliphatic heterocycles. The second kappa shape index (κ2) is 8.04. The molecule has 0 bridgehead atoms. The fourth-order valence-electron chi connectivity index (χ4n) is 3.25. The van der Waals surface area contributed by atoms with E-state index in [1.807, 2.05) is 48.8 Å². The largest absolute Gasteiger partial charge is 0.490 e. The van der Waals surface area contributed by atoms with Crippen LogP contribution in [0.3, 0.4) is 0 Å². The maximum Gasteiger partial charge on any atom is 0.257 e. The molecule has 1 amide bonds. The molecule has 140 valence electrons. The Morgan fingerprint density at radius 1 is 1.26 bits per heavy atom. The lowest BCUT2D eigenvalue weighted by Crippen LogP contribution is -2.54. The van der Waals surface area contributed by atoms with Crippen LogP contribution in [0.25, 0.3) is 0 Å². The number of anilines is 1. The van der Waals surface area contributed by atoms with E-state index in [1.54, 1.807) is 12.3 Å². The van der Waals surface area contributed by atoms with E-state index in [0.717, 1.165) is 0 Å². The highest BCUT2D eigenvalue weighted by Crippen LogP contribution is 2.25. The minimum atomic E-state index is -0.0435. The van der Waals surface area contributed by atoms with E-state index in [4.69, 9.17) is 4.74 Å². The Bertz CT molecular complexity index is 861. The minimum absolute atomic E-state index is 0.00530. The highest BCUT2D eigenvalue weighted by Gasteiger charge is 2.31. The van der Waals surface area contributed by atoms with Gasteiger partial charge in [-0.2, -0.15) is 5.26 Å². The van der Waals surface area contributed by atoms with Gasteiger partial charge in [-0.25, -0.2) is 9.97 Å². The molecule has 1 aromatic carbocycles. The summed E-state index contributed by atoms with van der Waals surface area (Å²) < 4.78 is 5.80. The standard InChI is InChI=1S/C20H23N5O2/c1-14(2)27-18-7-5-4-6-16(18)20(26)25-11-10-24(13-15(25)3)19-17(12-21)22-8-9-23-19/h4-9,14-15H,10-11,13H2,1-3H3. The lowest BCUT2D eigenvalue weighted by atomic mass is 10.1. The number of piperazine rings is 1. The van der Waals surface area contributed by atoms with Crippen molar-refractivity contribution in [3.63, 3.8) is 0 Å². The zero-order chi connectivity index (χ0) is 19.4. The summed E-state index contributed by atoms with van der Waals surface area (Å²) in [5.41, 5.74) is 0.879. The number of amides is 1. The van der Waals surface area contributed by atoms with Gasteiger partial charge in [-0.3, -0.25) is 4.79 Å². The molecule has 0 N–H and O–H groups in total. The van der Waals surface area contributed by atoms with Crippen LogP contribution in [0.2, 0.25) is 0 Å². The SMILES string of the molecule is CC(C)Oc1ccccc1C(=O)N1CCN(c2nccnc2C#N)CC1C. The van der Waals surface area contributed by atoms with E-state index in [9.17, 15) is 10.1 Å². The van der Waals surface area contributed by atoms with Crippen molar-refractivity contribution in [3.8, 4) is 11.8 Å². The Kier molecular flexibility index (Phi) is 5.55. The molecule has 7 heteroatoms. The normalized spacial score (nSPS) is 16.9. The topological polar surface area (TPSA) is 82.3 Å². The number of benzene rings is 1. The van der Waals surface area contributed by atoms with Crippen molar-refractivity contribution in [3.05, 3.63) is 47.9 Å². The summed E-state index contributed by atoms with van der Waals surface area (Å²) in [5, 5.41) is 9.25. The maximum atomic E-state index is 13.1. The molecule has 1 aromatic heterocycles. The third-order valence-corrected chi connectivity index (χ3v) is 4.45. The minimum Gasteiger partial charge on any atom is -0.490 e. The van der Waals surface area contributed by atoms with Crippen LogP contribution < -0.4 is 9.64 Å². The Labute approximate surface area is 159 Å². The van der Waals surface area contributed by atoms with Crippen LogP contribution in [0.4, 0.5) is 5.82 Å². The van der Waals surface area contributed by atoms with Gasteiger partial charge >= 0.3 is 0 Å². The van der Waals surface area contributed by atoms with Crippen LogP contribution in [0.5, 0.6) is 5.75 Å². The lowest BCUT2D eigenvalue weighted by molar-refractivity contribution is 0.0667. The van der Waals surface area contributed by atoms with Gasteiger partial charge in [0.25, 0.3) is 5.91 Å². The summed E-state index contributed by atoms with van der Waals surface area (Å²) in [7, 11) is 0. The van der Waals surface area contributed by atoms with Crippen LogP contribution in [0.15, 0.2) is 36.7 Å². The van der Waals surface area contributed by atoms with Crippen molar-refractivity contribution >= 4 is 11.7 Å². The molecule has 0 radical (unpaired) electrons. The van der Waals surface area contributed by atoms with Gasteiger partial charge in [0, 0.05) is 38.1 Å². The summed E-state index contributed by atoms with van der Waals surface area (Å²) >= 11 is 0. The van der Waals surface area contributed by atoms with Crippen molar-refractivity contribution < 1.29 is 9.53 Å². The summed E-state index contributed by atoms with van der Waals surface area (Å²) in [5.74, 6) is 1.13. The molecule has 1 atom stereocenters. The van der Waals surface area contributed by atoms with Crippen LogP contribution in [-0.4, -0.2) is 52.6 Å². The molecule has 1 aliphatic rings. The highest BCUT2D eigenvalue weighted by atomic mass is 16.5. The smallest absolute Gasteiger partial charge is 0.257 e. The Hall–Kier alpha value is -3.14. The van der Waals surface area contributed by atoms with Crippen molar-refractivity contribution in [2.75, 3.05) is 24.5 Å². The molecule has 1 unspecified atom stereocenters. The van der Waals surface area contributed by atoms with Crippen LogP contribution in [0, 0.1) is 11.3 Å². The average Bonchev–Trinajstić information content (AvgIpc) is 2.67. The number of para-hydroxylation sites is 1. The van der Waals surface area contributed by atoms with Gasteiger partial charge in [0.2, 0.25) is 0 Å². The van der Waals surface area contributed by atoms with E-state index >= 15 is 0 Å². The number of carbonyl (C=O) groups excluding carboxylic acids is 1. The summed E-state index contributed by atoms with van der Waals surface area (Å²) in [4.78, 5) is 25.4. The molecular formula is C20H23N5O2. The van der Waals surface area contributed by atoms with E-state index in [1.165, 1.54) is 6.20 Å². The number of hydrogen-bond acceptors (Lipinski definition) is 6. The molecule has 7 nitrogen and oxygen atoms in total. The Morgan fingerprint density at radius 2 is 2.00 bits per heavy atom. The number of rotatable bonds is 4. The van der Waals surface area contributed by atoms with E-state index < -0.39 is 0 Å². The summed E-state index contributed by atoms with van der Waals surface area (Å²) in [6.45, 7) is 7.60. The first-order chi connectivity index (χ1) is 13.0. The fraction of sp³-hybridized carbons (Fsp3) is 0.400. The monoisotopic (exact) mass is 365 g/mol. The zero-order valence-electron chi connectivity index (χ0n) is 15.8. The lowest BCUT2D eigenvalue weighted by Gasteiger charge is -2.40. The van der Waals surface area contributed by atoms with Gasteiger partial charge in [0.15, 0.2) is 11.5 Å². The Morgan fingerprint density at radius 3 is 2.70 bits per heavy atom.